The quantitative estimate of drug-likeness (QED) is 0.901. The monoisotopic (exact) mass is 296 g/mol. The van der Waals surface area contributed by atoms with E-state index in [1.54, 1.807) is 0 Å². The first kappa shape index (κ1) is 15.7. The van der Waals surface area contributed by atoms with E-state index in [1.807, 2.05) is 4.90 Å². The van der Waals surface area contributed by atoms with Crippen LogP contribution in [-0.4, -0.2) is 29.9 Å². The third kappa shape index (κ3) is 4.16. The third-order valence-electron chi connectivity index (χ3n) is 4.00. The largest absolute Gasteiger partial charge is 0.382 e. The molecule has 1 amide bonds. The molecule has 1 aliphatic rings. The fraction of sp³-hybridized carbons (Fsp3) is 0.562. The van der Waals surface area contributed by atoms with Gasteiger partial charge in [-0.3, -0.25) is 4.79 Å². The predicted molar refractivity (Wildman–Crippen MR) is 79.1 cm³/mol. The third-order valence-corrected chi connectivity index (χ3v) is 4.00. The van der Waals surface area contributed by atoms with Crippen LogP contribution in [0.15, 0.2) is 18.2 Å². The Balaban J connectivity index is 1.83. The Morgan fingerprint density at radius 1 is 1.38 bits per heavy atom. The number of likely N-dealkylation sites (tertiary alicyclic amines) is 1. The van der Waals surface area contributed by atoms with Crippen molar-refractivity contribution in [2.24, 2.45) is 0 Å². The second-order valence-electron chi connectivity index (χ2n) is 5.45. The van der Waals surface area contributed by atoms with E-state index in [-0.39, 0.29) is 11.6 Å². The molecule has 2 rings (SSSR count). The highest BCUT2D eigenvalue weighted by Gasteiger charge is 2.24. The summed E-state index contributed by atoms with van der Waals surface area (Å²) in [5.74, 6) is -1.13. The molecule has 0 saturated carbocycles. The Bertz CT molecular complexity index is 493. The van der Waals surface area contributed by atoms with Crippen molar-refractivity contribution in [1.29, 1.82) is 0 Å². The molecule has 116 valence electrons. The fourth-order valence-electron chi connectivity index (χ4n) is 2.83. The smallest absolute Gasteiger partial charge is 0.224 e. The number of hydrogen-bond donors (Lipinski definition) is 1. The van der Waals surface area contributed by atoms with Crippen molar-refractivity contribution in [3.63, 3.8) is 0 Å². The second kappa shape index (κ2) is 7.38. The zero-order chi connectivity index (χ0) is 15.2. The number of amides is 1. The van der Waals surface area contributed by atoms with Crippen molar-refractivity contribution in [2.75, 3.05) is 18.4 Å². The van der Waals surface area contributed by atoms with Crippen LogP contribution in [0.25, 0.3) is 0 Å². The van der Waals surface area contributed by atoms with Gasteiger partial charge in [0.1, 0.15) is 11.6 Å². The zero-order valence-corrected chi connectivity index (χ0v) is 12.4. The number of anilines is 1. The molecular weight excluding hydrogens is 274 g/mol. The van der Waals surface area contributed by atoms with Gasteiger partial charge in [-0.25, -0.2) is 8.78 Å². The number of rotatable bonds is 5. The van der Waals surface area contributed by atoms with Crippen molar-refractivity contribution < 1.29 is 13.6 Å². The zero-order valence-electron chi connectivity index (χ0n) is 12.4. The average Bonchev–Trinajstić information content (AvgIpc) is 2.49. The molecular formula is C16H22F2N2O. The number of halogens is 2. The molecule has 5 heteroatoms. The average molecular weight is 296 g/mol. The Hall–Kier alpha value is -1.65. The van der Waals surface area contributed by atoms with Crippen LogP contribution in [0.3, 0.4) is 0 Å². The minimum absolute atomic E-state index is 0.108. The molecule has 1 aromatic rings. The summed E-state index contributed by atoms with van der Waals surface area (Å²) in [6, 6.07) is 3.73. The summed E-state index contributed by atoms with van der Waals surface area (Å²) >= 11 is 0. The summed E-state index contributed by atoms with van der Waals surface area (Å²) in [6.07, 6.45) is 4.62. The number of nitrogens with one attached hydrogen (secondary N) is 1. The molecule has 1 unspecified atom stereocenters. The van der Waals surface area contributed by atoms with Gasteiger partial charge in [0.2, 0.25) is 5.91 Å². The van der Waals surface area contributed by atoms with Gasteiger partial charge >= 0.3 is 0 Å². The second-order valence-corrected chi connectivity index (χ2v) is 5.45. The molecule has 3 nitrogen and oxygen atoms in total. The Kier molecular flexibility index (Phi) is 5.53. The highest BCUT2D eigenvalue weighted by Crippen LogP contribution is 2.20. The number of hydrogen-bond acceptors (Lipinski definition) is 2. The minimum atomic E-state index is -0.633. The van der Waals surface area contributed by atoms with Crippen molar-refractivity contribution >= 4 is 11.6 Å². The Morgan fingerprint density at radius 2 is 2.19 bits per heavy atom. The van der Waals surface area contributed by atoms with E-state index in [4.69, 9.17) is 0 Å². The molecule has 0 aromatic heterocycles. The summed E-state index contributed by atoms with van der Waals surface area (Å²) in [6.45, 7) is 3.28. The van der Waals surface area contributed by atoms with E-state index in [0.29, 0.717) is 19.0 Å². The Labute approximate surface area is 124 Å². The highest BCUT2D eigenvalue weighted by molar-refractivity contribution is 5.77. The molecule has 0 spiro atoms. The van der Waals surface area contributed by atoms with Crippen LogP contribution in [0.2, 0.25) is 0 Å². The molecule has 1 aromatic carbocycles. The lowest BCUT2D eigenvalue weighted by molar-refractivity contribution is -0.134. The predicted octanol–water partition coefficient (Wildman–Crippen LogP) is 3.56. The van der Waals surface area contributed by atoms with E-state index in [9.17, 15) is 13.6 Å². The molecule has 1 atom stereocenters. The van der Waals surface area contributed by atoms with Gasteiger partial charge in [0.05, 0.1) is 5.69 Å². The molecule has 0 bridgehead atoms. The van der Waals surface area contributed by atoms with Crippen LogP contribution >= 0.6 is 0 Å². The van der Waals surface area contributed by atoms with Gasteiger partial charge in [0, 0.05) is 31.6 Å². The molecule has 1 N–H and O–H groups in total. The van der Waals surface area contributed by atoms with Crippen LogP contribution < -0.4 is 5.32 Å². The summed E-state index contributed by atoms with van der Waals surface area (Å²) in [7, 11) is 0. The van der Waals surface area contributed by atoms with Crippen LogP contribution in [0.5, 0.6) is 0 Å². The SMILES string of the molecule is CCC1CCCCN1C(=O)CCNc1ccc(F)cc1F. The summed E-state index contributed by atoms with van der Waals surface area (Å²) < 4.78 is 26.2. The molecule has 21 heavy (non-hydrogen) atoms. The van der Waals surface area contributed by atoms with Gasteiger partial charge in [-0.1, -0.05) is 6.92 Å². The van der Waals surface area contributed by atoms with E-state index in [1.165, 1.54) is 18.6 Å². The van der Waals surface area contributed by atoms with Crippen LogP contribution in [0.1, 0.15) is 39.0 Å². The number of benzene rings is 1. The maximum atomic E-state index is 13.4. The van der Waals surface area contributed by atoms with Gasteiger partial charge in [0.15, 0.2) is 0 Å². The number of carbonyl (C=O) groups is 1. The molecule has 1 saturated heterocycles. The van der Waals surface area contributed by atoms with Gasteiger partial charge in [-0.15, -0.1) is 0 Å². The van der Waals surface area contributed by atoms with Crippen LogP contribution in [0, 0.1) is 11.6 Å². The first-order valence-electron chi connectivity index (χ1n) is 7.60. The van der Waals surface area contributed by atoms with Crippen LogP contribution in [0.4, 0.5) is 14.5 Å². The standard InChI is InChI=1S/C16H22F2N2O/c1-2-13-5-3-4-10-20(13)16(21)8-9-19-15-7-6-12(17)11-14(15)18/h6-7,11,13,19H,2-5,8-10H2,1H3. The molecule has 1 heterocycles. The van der Waals surface area contributed by atoms with E-state index >= 15 is 0 Å². The van der Waals surface area contributed by atoms with Gasteiger partial charge in [0.25, 0.3) is 0 Å². The molecule has 0 radical (unpaired) electrons. The summed E-state index contributed by atoms with van der Waals surface area (Å²) in [4.78, 5) is 14.2. The number of carbonyl (C=O) groups excluding carboxylic acids is 1. The van der Waals surface area contributed by atoms with Crippen molar-refractivity contribution in [3.05, 3.63) is 29.8 Å². The molecule has 1 aliphatic heterocycles. The summed E-state index contributed by atoms with van der Waals surface area (Å²) in [5, 5.41) is 2.85. The topological polar surface area (TPSA) is 32.3 Å². The highest BCUT2D eigenvalue weighted by atomic mass is 19.1. The van der Waals surface area contributed by atoms with Crippen molar-refractivity contribution in [3.8, 4) is 0 Å². The van der Waals surface area contributed by atoms with Crippen molar-refractivity contribution in [2.45, 2.75) is 45.1 Å². The van der Waals surface area contributed by atoms with E-state index < -0.39 is 11.6 Å². The van der Waals surface area contributed by atoms with E-state index in [2.05, 4.69) is 12.2 Å². The minimum Gasteiger partial charge on any atom is -0.382 e. The summed E-state index contributed by atoms with van der Waals surface area (Å²) in [5.41, 5.74) is 0.231. The molecule has 1 fully saturated rings. The first-order chi connectivity index (χ1) is 10.1. The van der Waals surface area contributed by atoms with Crippen LogP contribution in [-0.2, 0) is 4.79 Å². The van der Waals surface area contributed by atoms with Gasteiger partial charge in [-0.2, -0.15) is 0 Å². The number of nitrogens with zero attached hydrogens (tertiary/aromatic N) is 1. The van der Waals surface area contributed by atoms with Gasteiger partial charge in [-0.05, 0) is 37.8 Å². The first-order valence-corrected chi connectivity index (χ1v) is 7.60. The lowest BCUT2D eigenvalue weighted by atomic mass is 9.99. The lowest BCUT2D eigenvalue weighted by Gasteiger charge is -2.35. The van der Waals surface area contributed by atoms with Gasteiger partial charge < -0.3 is 10.2 Å². The lowest BCUT2D eigenvalue weighted by Crippen LogP contribution is -2.43. The Morgan fingerprint density at radius 3 is 2.90 bits per heavy atom. The molecule has 0 aliphatic carbocycles. The fourth-order valence-corrected chi connectivity index (χ4v) is 2.83. The van der Waals surface area contributed by atoms with Crippen molar-refractivity contribution in [1.82, 2.24) is 4.90 Å². The maximum Gasteiger partial charge on any atom is 0.224 e. The maximum absolute atomic E-state index is 13.4. The normalized spacial score (nSPS) is 18.6. The van der Waals surface area contributed by atoms with E-state index in [0.717, 1.165) is 31.9 Å². The number of piperidine rings is 1.